The summed E-state index contributed by atoms with van der Waals surface area (Å²) in [6.07, 6.45) is -6.46. The predicted molar refractivity (Wildman–Crippen MR) is 158 cm³/mol. The monoisotopic (exact) mass is 704 g/mol. The molecule has 12 nitrogen and oxygen atoms in total. The lowest BCUT2D eigenvalue weighted by Crippen LogP contribution is -2.52. The molecule has 2 saturated heterocycles. The highest BCUT2D eigenvalue weighted by Gasteiger charge is 2.38. The fourth-order valence-corrected chi connectivity index (χ4v) is 5.79. The number of aromatic amines is 1. The molecule has 1 aromatic carbocycles. The van der Waals surface area contributed by atoms with E-state index in [2.05, 4.69) is 30.4 Å². The summed E-state index contributed by atoms with van der Waals surface area (Å²) in [5.74, 6) is -1.27. The van der Waals surface area contributed by atoms with Gasteiger partial charge in [-0.1, -0.05) is 17.7 Å². The molecule has 3 N–H and O–H groups in total. The fraction of sp³-hybridized carbons (Fsp3) is 0.483. The Labute approximate surface area is 274 Å². The topological polar surface area (TPSA) is 137 Å². The van der Waals surface area contributed by atoms with E-state index in [1.165, 1.54) is 12.1 Å². The van der Waals surface area contributed by atoms with Crippen LogP contribution in [-0.2, 0) is 28.8 Å². The van der Waals surface area contributed by atoms with Gasteiger partial charge in [-0.3, -0.25) is 23.8 Å². The molecule has 3 amide bonds. The molecule has 5 rings (SSSR count). The Bertz CT molecular complexity index is 1630. The van der Waals surface area contributed by atoms with Gasteiger partial charge in [0.15, 0.2) is 11.5 Å². The minimum atomic E-state index is -4.95. The first-order chi connectivity index (χ1) is 22.7. The third-order valence-corrected chi connectivity index (χ3v) is 8.29. The highest BCUT2D eigenvalue weighted by Crippen LogP contribution is 2.35. The summed E-state index contributed by atoms with van der Waals surface area (Å²) in [5, 5.41) is 9.28. The maximum Gasteiger partial charge on any atom is 0.522 e. The Morgan fingerprint density at radius 1 is 1.02 bits per heavy atom. The number of rotatable bonds is 9. The molecule has 19 heteroatoms. The van der Waals surface area contributed by atoms with Crippen LogP contribution in [0.4, 0.5) is 26.3 Å². The number of aromatic nitrogens is 4. The van der Waals surface area contributed by atoms with Crippen molar-refractivity contribution in [2.45, 2.75) is 38.5 Å². The van der Waals surface area contributed by atoms with Crippen LogP contribution in [0.2, 0.25) is 5.02 Å². The number of imidazole rings is 1. The Morgan fingerprint density at radius 3 is 2.35 bits per heavy atom. The van der Waals surface area contributed by atoms with Crippen LogP contribution in [0.1, 0.15) is 45.1 Å². The normalized spacial score (nSPS) is 16.3. The fourth-order valence-electron chi connectivity index (χ4n) is 5.51. The highest BCUT2D eigenvalue weighted by molar-refractivity contribution is 6.33. The number of nitrogens with one attached hydrogen (secondary N) is 3. The summed E-state index contributed by atoms with van der Waals surface area (Å²) in [6, 6.07) is 4.63. The number of nitrogens with zero attached hydrogens (tertiary/aromatic N) is 5. The lowest BCUT2D eigenvalue weighted by Gasteiger charge is -2.37. The van der Waals surface area contributed by atoms with Crippen molar-refractivity contribution in [3.8, 4) is 11.3 Å². The van der Waals surface area contributed by atoms with Gasteiger partial charge >= 0.3 is 12.5 Å². The van der Waals surface area contributed by atoms with Crippen LogP contribution in [0.15, 0.2) is 30.6 Å². The maximum absolute atomic E-state index is 13.6. The van der Waals surface area contributed by atoms with E-state index < -0.39 is 42.9 Å². The molecule has 260 valence electrons. The Morgan fingerprint density at radius 2 is 1.71 bits per heavy atom. The Kier molecular flexibility index (Phi) is 10.6. The minimum absolute atomic E-state index is 0.00115. The number of carbonyl (C=O) groups is 3. The molecule has 0 unspecified atom stereocenters. The zero-order chi connectivity index (χ0) is 34.6. The van der Waals surface area contributed by atoms with Crippen LogP contribution < -0.4 is 10.6 Å². The molecule has 48 heavy (non-hydrogen) atoms. The second-order valence-electron chi connectivity index (χ2n) is 11.2. The molecule has 0 spiro atoms. The Balaban J connectivity index is 1.16. The van der Waals surface area contributed by atoms with Gasteiger partial charge in [0.1, 0.15) is 0 Å². The van der Waals surface area contributed by atoms with E-state index in [1.807, 2.05) is 0 Å². The number of alkyl halides is 6. The average molecular weight is 705 g/mol. The molecule has 4 heterocycles. The Hall–Kier alpha value is -4.16. The first kappa shape index (κ1) is 35.2. The highest BCUT2D eigenvalue weighted by atomic mass is 35.5. The zero-order valence-corrected chi connectivity index (χ0v) is 26.0. The third-order valence-electron chi connectivity index (χ3n) is 7.98. The number of H-pyrrole nitrogens is 1. The molecular formula is C29H31ClF6N8O4. The van der Waals surface area contributed by atoms with E-state index in [1.54, 1.807) is 15.9 Å². The molecule has 3 aromatic rings. The van der Waals surface area contributed by atoms with Gasteiger partial charge in [0.25, 0.3) is 11.8 Å². The summed E-state index contributed by atoms with van der Waals surface area (Å²) in [4.78, 5) is 48.5. The molecule has 2 aliphatic heterocycles. The average Bonchev–Trinajstić information content (AvgIpc) is 3.71. The van der Waals surface area contributed by atoms with Crippen LogP contribution in [0.5, 0.6) is 0 Å². The maximum atomic E-state index is 13.6. The molecule has 0 radical (unpaired) electrons. The van der Waals surface area contributed by atoms with Crippen LogP contribution in [-0.4, -0.2) is 99.5 Å². The van der Waals surface area contributed by atoms with Gasteiger partial charge < -0.3 is 25.4 Å². The summed E-state index contributed by atoms with van der Waals surface area (Å²) in [7, 11) is 0. The molecular weight excluding hydrogens is 674 g/mol. The van der Waals surface area contributed by atoms with Gasteiger partial charge in [-0.15, -0.1) is 13.2 Å². The number of halogens is 7. The van der Waals surface area contributed by atoms with Crippen LogP contribution in [0, 0.1) is 5.92 Å². The van der Waals surface area contributed by atoms with Crippen LogP contribution in [0.3, 0.4) is 0 Å². The number of piperidine rings is 1. The van der Waals surface area contributed by atoms with E-state index in [9.17, 15) is 40.7 Å². The van der Waals surface area contributed by atoms with Gasteiger partial charge in [0.2, 0.25) is 5.91 Å². The third kappa shape index (κ3) is 8.65. The van der Waals surface area contributed by atoms with Crippen molar-refractivity contribution in [2.75, 3.05) is 45.9 Å². The van der Waals surface area contributed by atoms with Gasteiger partial charge in [0.05, 0.1) is 41.2 Å². The standard InChI is InChI=1S/C29H31ClF6N8O4/c30-21-13-17(1-2-19(21)27(47)43-9-7-42(8-10-43)26(46)18-3-5-37-6-4-18)14-39-25(45)24-38-15-22(40-24)20-16-44(11-12-48-29(34,35)36)41-23(20)28(31,32)33/h1-2,13,15-16,18,37H,3-12,14H2,(H,38,40)(H,39,45). The lowest BCUT2D eigenvalue weighted by molar-refractivity contribution is -0.325. The van der Waals surface area contributed by atoms with E-state index in [-0.39, 0.29) is 46.4 Å². The number of amides is 3. The quantitative estimate of drug-likeness (QED) is 0.289. The number of hydrogen-bond donors (Lipinski definition) is 3. The largest absolute Gasteiger partial charge is 0.522 e. The zero-order valence-electron chi connectivity index (χ0n) is 25.3. The van der Waals surface area contributed by atoms with E-state index in [4.69, 9.17) is 11.6 Å². The van der Waals surface area contributed by atoms with Crippen molar-refractivity contribution in [3.63, 3.8) is 0 Å². The molecule has 0 aliphatic carbocycles. The number of ether oxygens (including phenoxy) is 1. The first-order valence-electron chi connectivity index (χ1n) is 15.0. The van der Waals surface area contributed by atoms with Crippen molar-refractivity contribution in [1.29, 1.82) is 0 Å². The van der Waals surface area contributed by atoms with Crippen LogP contribution in [0.25, 0.3) is 11.3 Å². The van der Waals surface area contributed by atoms with Gasteiger partial charge in [-0.05, 0) is 43.6 Å². The molecule has 0 atom stereocenters. The molecule has 2 aromatic heterocycles. The van der Waals surface area contributed by atoms with Crippen molar-refractivity contribution in [2.24, 2.45) is 5.92 Å². The van der Waals surface area contributed by atoms with Crippen molar-refractivity contribution in [3.05, 3.63) is 58.3 Å². The molecule has 0 bridgehead atoms. The minimum Gasteiger partial charge on any atom is -0.345 e. The number of piperazine rings is 1. The van der Waals surface area contributed by atoms with E-state index in [0.29, 0.717) is 36.4 Å². The molecule has 2 fully saturated rings. The summed E-state index contributed by atoms with van der Waals surface area (Å²) in [6.45, 7) is 1.58. The molecule has 0 saturated carbocycles. The second-order valence-corrected chi connectivity index (χ2v) is 11.6. The van der Waals surface area contributed by atoms with Crippen LogP contribution >= 0.6 is 11.6 Å². The van der Waals surface area contributed by atoms with Gasteiger partial charge in [-0.2, -0.15) is 18.3 Å². The SMILES string of the molecule is O=C(NCc1ccc(C(=O)N2CCN(C(=O)C3CCNCC3)CC2)c(Cl)c1)c1ncc(-c2cn(CCOC(F)(F)F)nc2C(F)(F)F)[nH]1. The summed E-state index contributed by atoms with van der Waals surface area (Å²) >= 11 is 6.42. The summed E-state index contributed by atoms with van der Waals surface area (Å²) < 4.78 is 81.8. The van der Waals surface area contributed by atoms with Gasteiger partial charge in [0, 0.05) is 44.8 Å². The first-order valence-corrected chi connectivity index (χ1v) is 15.3. The molecule has 2 aliphatic rings. The number of hydrogen-bond acceptors (Lipinski definition) is 7. The lowest BCUT2D eigenvalue weighted by atomic mass is 9.96. The summed E-state index contributed by atoms with van der Waals surface area (Å²) in [5.41, 5.74) is -1.37. The number of benzene rings is 1. The van der Waals surface area contributed by atoms with E-state index in [0.717, 1.165) is 38.3 Å². The predicted octanol–water partition coefficient (Wildman–Crippen LogP) is 3.70. The van der Waals surface area contributed by atoms with Crippen molar-refractivity contribution in [1.82, 2.24) is 40.2 Å². The number of carbonyl (C=O) groups excluding carboxylic acids is 3. The smallest absolute Gasteiger partial charge is 0.345 e. The van der Waals surface area contributed by atoms with Gasteiger partial charge in [-0.25, -0.2) is 4.98 Å². The van der Waals surface area contributed by atoms with E-state index >= 15 is 0 Å². The van der Waals surface area contributed by atoms with Crippen molar-refractivity contribution >= 4 is 29.3 Å². The van der Waals surface area contributed by atoms with Crippen molar-refractivity contribution < 1.29 is 45.5 Å². The second kappa shape index (κ2) is 14.5.